The molecule has 0 spiro atoms. The third-order valence-electron chi connectivity index (χ3n) is 7.66. The molecule has 5 rings (SSSR count). The highest BCUT2D eigenvalue weighted by atomic mass is 16.5. The summed E-state index contributed by atoms with van der Waals surface area (Å²) >= 11 is 0. The van der Waals surface area contributed by atoms with Gasteiger partial charge in [-0.2, -0.15) is 0 Å². The molecule has 2 heterocycles. The molecule has 1 aliphatic carbocycles. The highest BCUT2D eigenvalue weighted by Gasteiger charge is 2.57. The van der Waals surface area contributed by atoms with E-state index in [4.69, 9.17) is 9.47 Å². The van der Waals surface area contributed by atoms with Crippen molar-refractivity contribution in [2.75, 3.05) is 27.3 Å². The normalized spacial score (nSPS) is 22.1. The van der Waals surface area contributed by atoms with Crippen LogP contribution in [0.1, 0.15) is 42.4 Å². The number of hydrogen-bond donors (Lipinski definition) is 2. The Kier molecular flexibility index (Phi) is 6.69. The van der Waals surface area contributed by atoms with E-state index in [1.54, 1.807) is 31.3 Å². The van der Waals surface area contributed by atoms with Crippen molar-refractivity contribution in [2.45, 2.75) is 44.3 Å². The van der Waals surface area contributed by atoms with E-state index in [1.807, 2.05) is 35.2 Å². The Bertz CT molecular complexity index is 1290. The topological polar surface area (TPSA) is 99.5 Å². The van der Waals surface area contributed by atoms with Crippen molar-refractivity contribution in [1.82, 2.24) is 9.80 Å². The lowest BCUT2D eigenvalue weighted by atomic mass is 9.84. The lowest BCUT2D eigenvalue weighted by Crippen LogP contribution is -2.66. The van der Waals surface area contributed by atoms with E-state index in [1.165, 1.54) is 6.08 Å². The first kappa shape index (κ1) is 24.9. The Balaban J connectivity index is 1.80. The molecule has 1 unspecified atom stereocenters. The van der Waals surface area contributed by atoms with Crippen LogP contribution in [0.5, 0.6) is 11.5 Å². The van der Waals surface area contributed by atoms with Gasteiger partial charge in [0.1, 0.15) is 17.3 Å². The molecule has 0 radical (unpaired) electrons. The number of aliphatic hydroxyl groups excluding tert-OH is 1. The summed E-state index contributed by atoms with van der Waals surface area (Å²) in [6.45, 7) is 1.12. The predicted molar refractivity (Wildman–Crippen MR) is 138 cm³/mol. The second-order valence-corrected chi connectivity index (χ2v) is 9.66. The van der Waals surface area contributed by atoms with Gasteiger partial charge in [-0.15, -0.1) is 0 Å². The Morgan fingerprint density at radius 1 is 1.03 bits per heavy atom. The second kappa shape index (κ2) is 9.94. The summed E-state index contributed by atoms with van der Waals surface area (Å²) in [6.07, 6.45) is 4.75. The maximum Gasteiger partial charge on any atom is 0.353 e. The summed E-state index contributed by atoms with van der Waals surface area (Å²) < 4.78 is 11.0. The van der Waals surface area contributed by atoms with Crippen LogP contribution in [0.25, 0.3) is 5.70 Å². The number of aliphatic carboxylic acids is 1. The molecule has 2 N–H and O–H groups in total. The van der Waals surface area contributed by atoms with Gasteiger partial charge in [0.2, 0.25) is 0 Å². The van der Waals surface area contributed by atoms with E-state index >= 15 is 0 Å². The van der Waals surface area contributed by atoms with Crippen molar-refractivity contribution in [2.24, 2.45) is 0 Å². The SMILES string of the molecule is COc1ccc(CN2C3=C(C=C(O)C2(C(=O)O)N2CCCC2)C(=O)CCCc2ccccc23)c(OC)c1. The van der Waals surface area contributed by atoms with Gasteiger partial charge in [-0.25, -0.2) is 4.79 Å². The maximum atomic E-state index is 13.4. The third kappa shape index (κ3) is 4.05. The molecule has 0 amide bonds. The first-order valence-corrected chi connectivity index (χ1v) is 12.7. The Morgan fingerprint density at radius 3 is 2.49 bits per heavy atom. The maximum absolute atomic E-state index is 13.4. The number of fused-ring (bicyclic) bond motifs is 2. The number of nitrogens with zero attached hydrogens (tertiary/aromatic N) is 2. The number of ketones is 1. The first-order valence-electron chi connectivity index (χ1n) is 12.7. The minimum Gasteiger partial charge on any atom is -0.508 e. The van der Waals surface area contributed by atoms with Gasteiger partial charge in [-0.1, -0.05) is 24.3 Å². The van der Waals surface area contributed by atoms with Crippen LogP contribution in [0.3, 0.4) is 0 Å². The van der Waals surface area contributed by atoms with Crippen molar-refractivity contribution >= 4 is 17.4 Å². The molecule has 8 heteroatoms. The zero-order valence-corrected chi connectivity index (χ0v) is 21.2. The number of allylic oxidation sites excluding steroid dienone is 2. The minimum absolute atomic E-state index is 0.0916. The average Bonchev–Trinajstić information content (AvgIpc) is 3.43. The van der Waals surface area contributed by atoms with Crippen LogP contribution in [-0.4, -0.2) is 64.7 Å². The van der Waals surface area contributed by atoms with Gasteiger partial charge < -0.3 is 24.6 Å². The number of benzene rings is 2. The number of carboxylic acids is 1. The number of Topliss-reactive ketones (excluding diaryl/α,β-unsaturated/α-hetero) is 1. The number of rotatable bonds is 6. The molecular weight excluding hydrogens is 472 g/mol. The largest absolute Gasteiger partial charge is 0.508 e. The highest BCUT2D eigenvalue weighted by molar-refractivity contribution is 6.07. The smallest absolute Gasteiger partial charge is 0.353 e. The van der Waals surface area contributed by atoms with E-state index in [0.717, 1.165) is 24.0 Å². The number of methoxy groups -OCH3 is 2. The lowest BCUT2D eigenvalue weighted by molar-refractivity contribution is -0.162. The number of carbonyl (C=O) groups excluding carboxylic acids is 1. The molecule has 1 atom stereocenters. The summed E-state index contributed by atoms with van der Waals surface area (Å²) in [5.41, 5.74) is 1.57. The molecule has 1 saturated heterocycles. The number of carbonyl (C=O) groups is 2. The number of likely N-dealkylation sites (tertiary alicyclic amines) is 1. The van der Waals surface area contributed by atoms with E-state index in [-0.39, 0.29) is 18.1 Å². The van der Waals surface area contributed by atoms with Crippen LogP contribution < -0.4 is 9.47 Å². The fraction of sp³-hybridized carbons (Fsp3) is 0.379. The van der Waals surface area contributed by atoms with E-state index in [2.05, 4.69) is 0 Å². The number of aliphatic hydroxyl groups is 1. The molecule has 1 fully saturated rings. The average molecular weight is 505 g/mol. The number of aryl methyl sites for hydroxylation is 1. The molecular formula is C29H32N2O6. The highest BCUT2D eigenvalue weighted by Crippen LogP contribution is 2.46. The van der Waals surface area contributed by atoms with Crippen molar-refractivity contribution in [1.29, 1.82) is 0 Å². The van der Waals surface area contributed by atoms with E-state index in [9.17, 15) is 19.8 Å². The van der Waals surface area contributed by atoms with Gasteiger partial charge in [0.25, 0.3) is 5.66 Å². The van der Waals surface area contributed by atoms with Gasteiger partial charge in [-0.05, 0) is 49.5 Å². The zero-order chi connectivity index (χ0) is 26.2. The summed E-state index contributed by atoms with van der Waals surface area (Å²) in [5, 5.41) is 22.4. The summed E-state index contributed by atoms with van der Waals surface area (Å²) in [7, 11) is 3.12. The van der Waals surface area contributed by atoms with Crippen LogP contribution in [-0.2, 0) is 22.6 Å². The van der Waals surface area contributed by atoms with Crippen LogP contribution in [0.15, 0.2) is 59.9 Å². The van der Waals surface area contributed by atoms with E-state index < -0.39 is 11.6 Å². The van der Waals surface area contributed by atoms with Crippen LogP contribution >= 0.6 is 0 Å². The molecule has 2 aromatic carbocycles. The summed E-state index contributed by atoms with van der Waals surface area (Å²) in [5.74, 6) is -0.504. The number of hydrogen-bond acceptors (Lipinski definition) is 7. The van der Waals surface area contributed by atoms with Gasteiger partial charge in [0.15, 0.2) is 5.78 Å². The Morgan fingerprint density at radius 2 is 1.78 bits per heavy atom. The molecule has 2 aliphatic heterocycles. The van der Waals surface area contributed by atoms with Gasteiger partial charge in [-0.3, -0.25) is 9.69 Å². The van der Waals surface area contributed by atoms with Crippen molar-refractivity contribution in [3.63, 3.8) is 0 Å². The molecule has 37 heavy (non-hydrogen) atoms. The lowest BCUT2D eigenvalue weighted by Gasteiger charge is -2.50. The van der Waals surface area contributed by atoms with Gasteiger partial charge in [0.05, 0.1) is 19.9 Å². The minimum atomic E-state index is -1.87. The molecule has 2 aromatic rings. The van der Waals surface area contributed by atoms with Crippen molar-refractivity contribution in [3.05, 3.63) is 76.6 Å². The monoisotopic (exact) mass is 504 g/mol. The Labute approximate surface area is 216 Å². The fourth-order valence-electron chi connectivity index (χ4n) is 5.88. The van der Waals surface area contributed by atoms with Crippen LogP contribution in [0.2, 0.25) is 0 Å². The summed E-state index contributed by atoms with van der Waals surface area (Å²) in [4.78, 5) is 30.2. The van der Waals surface area contributed by atoms with Crippen molar-refractivity contribution < 1.29 is 29.3 Å². The fourth-order valence-corrected chi connectivity index (χ4v) is 5.88. The van der Waals surface area contributed by atoms with Crippen molar-refractivity contribution in [3.8, 4) is 11.5 Å². The van der Waals surface area contributed by atoms with Crippen LogP contribution in [0.4, 0.5) is 0 Å². The van der Waals surface area contributed by atoms with Gasteiger partial charge >= 0.3 is 5.97 Å². The molecule has 194 valence electrons. The molecule has 0 saturated carbocycles. The summed E-state index contributed by atoms with van der Waals surface area (Å²) in [6, 6.07) is 13.2. The molecule has 8 nitrogen and oxygen atoms in total. The number of ether oxygens (including phenoxy) is 2. The third-order valence-corrected chi connectivity index (χ3v) is 7.66. The number of carboxylic acid groups (broad SMARTS) is 1. The quantitative estimate of drug-likeness (QED) is 0.605. The van der Waals surface area contributed by atoms with Crippen LogP contribution in [0, 0.1) is 0 Å². The molecule has 3 aliphatic rings. The van der Waals surface area contributed by atoms with Gasteiger partial charge in [0, 0.05) is 48.8 Å². The standard InChI is InChI=1S/C29H32N2O6/c1-36-21-13-12-20(25(16-21)37-2)18-31-27-22-10-4-3-8-19(22)9-7-11-24(32)23(27)17-26(33)29(31,28(34)35)30-14-5-6-15-30/h3-4,8,10,12-13,16-17,33H,5-7,9,11,14-15,18H2,1-2H3,(H,34,35). The molecule has 0 aromatic heterocycles. The zero-order valence-electron chi connectivity index (χ0n) is 21.2. The second-order valence-electron chi connectivity index (χ2n) is 9.66. The predicted octanol–water partition coefficient (Wildman–Crippen LogP) is 4.15. The Hall–Kier alpha value is -3.78. The van der Waals surface area contributed by atoms with E-state index in [0.29, 0.717) is 60.7 Å². The molecule has 0 bridgehead atoms. The first-order chi connectivity index (χ1) is 17.9.